The van der Waals surface area contributed by atoms with Crippen molar-refractivity contribution in [3.8, 4) is 0 Å². The van der Waals surface area contributed by atoms with Gasteiger partial charge in [-0.25, -0.2) is 5.11 Å². The van der Waals surface area contributed by atoms with E-state index in [1.807, 2.05) is 13.8 Å². The van der Waals surface area contributed by atoms with E-state index < -0.39 is 11.7 Å². The van der Waals surface area contributed by atoms with Crippen molar-refractivity contribution >= 4 is 0 Å². The minimum absolute atomic E-state index is 0.403. The number of hydrogen-bond acceptors (Lipinski definition) is 1. The lowest BCUT2D eigenvalue weighted by molar-refractivity contribution is -0.0565. The smallest absolute Gasteiger partial charge is 0.123 e. The fourth-order valence-electron chi connectivity index (χ4n) is 0.870. The number of ether oxygens (including phenoxy) is 1. The molecule has 0 saturated carbocycles. The maximum atomic E-state index is 10.9. The van der Waals surface area contributed by atoms with Gasteiger partial charge < -0.3 is 4.74 Å². The summed E-state index contributed by atoms with van der Waals surface area (Å²) in [5, 5.41) is 10.9. The normalized spacial score (nSPS) is 35.6. The van der Waals surface area contributed by atoms with Crippen LogP contribution in [0.4, 0.5) is 0 Å². The van der Waals surface area contributed by atoms with Crippen molar-refractivity contribution in [2.24, 2.45) is 0 Å². The van der Waals surface area contributed by atoms with Gasteiger partial charge in [0, 0.05) is 6.42 Å². The van der Waals surface area contributed by atoms with Crippen molar-refractivity contribution < 1.29 is 9.84 Å². The molecule has 0 aromatic carbocycles. The van der Waals surface area contributed by atoms with Crippen molar-refractivity contribution in [2.75, 3.05) is 6.61 Å². The van der Waals surface area contributed by atoms with E-state index in [9.17, 15) is 5.11 Å². The van der Waals surface area contributed by atoms with E-state index in [1.165, 1.54) is 0 Å². The molecule has 1 unspecified atom stereocenters. The summed E-state index contributed by atoms with van der Waals surface area (Å²) in [5.74, 6) is 0. The highest BCUT2D eigenvalue weighted by Crippen LogP contribution is 2.24. The molecule has 2 nitrogen and oxygen atoms in total. The first kappa shape index (κ1) is 6.05. The van der Waals surface area contributed by atoms with E-state index in [2.05, 4.69) is 0 Å². The number of rotatable bonds is 0. The summed E-state index contributed by atoms with van der Waals surface area (Å²) in [7, 11) is 0. The molecular formula is C6H11O2. The zero-order valence-corrected chi connectivity index (χ0v) is 5.31. The van der Waals surface area contributed by atoms with Crippen LogP contribution in [0, 0.1) is 0 Å². The maximum absolute atomic E-state index is 10.9. The summed E-state index contributed by atoms with van der Waals surface area (Å²) in [6.45, 7) is 4.33. The summed E-state index contributed by atoms with van der Waals surface area (Å²) >= 11 is 0. The van der Waals surface area contributed by atoms with E-state index >= 15 is 0 Å². The van der Waals surface area contributed by atoms with Gasteiger partial charge in [-0.15, -0.1) is 0 Å². The molecule has 8 heavy (non-hydrogen) atoms. The lowest BCUT2D eigenvalue weighted by atomic mass is 10.0. The van der Waals surface area contributed by atoms with Crippen LogP contribution in [0.5, 0.6) is 0 Å². The highest BCUT2D eigenvalue weighted by molar-refractivity contribution is 4.83. The second-order valence-electron chi connectivity index (χ2n) is 2.73. The van der Waals surface area contributed by atoms with Gasteiger partial charge in [-0.2, -0.15) is 0 Å². The van der Waals surface area contributed by atoms with Crippen molar-refractivity contribution in [3.05, 3.63) is 0 Å². The Morgan fingerprint density at radius 1 is 1.62 bits per heavy atom. The third-order valence-corrected chi connectivity index (χ3v) is 1.63. The quantitative estimate of drug-likeness (QED) is 0.462. The van der Waals surface area contributed by atoms with Gasteiger partial charge in [0.25, 0.3) is 0 Å². The van der Waals surface area contributed by atoms with E-state index in [0.29, 0.717) is 13.0 Å². The summed E-state index contributed by atoms with van der Waals surface area (Å²) in [6, 6.07) is 0. The molecule has 0 spiro atoms. The van der Waals surface area contributed by atoms with Crippen LogP contribution in [-0.2, 0) is 9.84 Å². The van der Waals surface area contributed by atoms with Gasteiger partial charge in [0.1, 0.15) is 6.10 Å². The average molecular weight is 115 g/mol. The second-order valence-corrected chi connectivity index (χ2v) is 2.73. The molecule has 1 aliphatic rings. The van der Waals surface area contributed by atoms with Gasteiger partial charge in [-0.05, 0) is 13.8 Å². The van der Waals surface area contributed by atoms with Crippen LogP contribution >= 0.6 is 0 Å². The molecule has 47 valence electrons. The fraction of sp³-hybridized carbons (Fsp3) is 1.00. The van der Waals surface area contributed by atoms with Crippen molar-refractivity contribution in [1.29, 1.82) is 0 Å². The lowest BCUT2D eigenvalue weighted by Crippen LogP contribution is -2.30. The Labute approximate surface area is 49.5 Å². The van der Waals surface area contributed by atoms with Gasteiger partial charge >= 0.3 is 0 Å². The predicted molar refractivity (Wildman–Crippen MR) is 29.1 cm³/mol. The minimum Gasteiger partial charge on any atom is -0.373 e. The Morgan fingerprint density at radius 2 is 2.25 bits per heavy atom. The Hall–Kier alpha value is -0.0800. The van der Waals surface area contributed by atoms with Crippen molar-refractivity contribution in [1.82, 2.24) is 0 Å². The first-order valence-electron chi connectivity index (χ1n) is 2.93. The zero-order chi connectivity index (χ0) is 6.20. The van der Waals surface area contributed by atoms with Gasteiger partial charge in [0.15, 0.2) is 0 Å². The molecule has 0 bridgehead atoms. The molecule has 1 rings (SSSR count). The molecule has 2 heteroatoms. The molecule has 0 aliphatic carbocycles. The van der Waals surface area contributed by atoms with Crippen LogP contribution in [0.15, 0.2) is 0 Å². The molecule has 0 aromatic rings. The van der Waals surface area contributed by atoms with E-state index in [-0.39, 0.29) is 0 Å². The zero-order valence-electron chi connectivity index (χ0n) is 5.31. The van der Waals surface area contributed by atoms with Gasteiger partial charge in [-0.1, -0.05) is 0 Å². The fourth-order valence-corrected chi connectivity index (χ4v) is 0.870. The first-order valence-corrected chi connectivity index (χ1v) is 2.93. The molecule has 0 N–H and O–H groups in total. The third kappa shape index (κ3) is 0.858. The molecule has 1 atom stereocenters. The summed E-state index contributed by atoms with van der Waals surface area (Å²) in [6.07, 6.45) is 0.162. The summed E-state index contributed by atoms with van der Waals surface area (Å²) in [4.78, 5) is 0. The van der Waals surface area contributed by atoms with E-state index in [1.54, 1.807) is 0 Å². The van der Waals surface area contributed by atoms with Crippen LogP contribution in [0.3, 0.4) is 0 Å². The predicted octanol–water partition coefficient (Wildman–Crippen LogP) is 0.984. The van der Waals surface area contributed by atoms with E-state index in [4.69, 9.17) is 4.74 Å². The molecule has 1 saturated heterocycles. The Bertz CT molecular complexity index is 88.5. The van der Waals surface area contributed by atoms with E-state index in [0.717, 1.165) is 0 Å². The third-order valence-electron chi connectivity index (χ3n) is 1.63. The van der Waals surface area contributed by atoms with Crippen LogP contribution in [0.2, 0.25) is 0 Å². The molecular weight excluding hydrogens is 104 g/mol. The molecule has 1 fully saturated rings. The second kappa shape index (κ2) is 1.71. The topological polar surface area (TPSA) is 29.1 Å². The standard InChI is InChI=1S/C6H11O2/c1-6(2)5(7)3-4-8-6/h5H,3-4H2,1-2H3. The van der Waals surface area contributed by atoms with Gasteiger partial charge in [0.05, 0.1) is 12.2 Å². The first-order chi connectivity index (χ1) is 3.63. The minimum atomic E-state index is -0.512. The van der Waals surface area contributed by atoms with Crippen molar-refractivity contribution in [3.63, 3.8) is 0 Å². The highest BCUT2D eigenvalue weighted by atomic mass is 16.5. The highest BCUT2D eigenvalue weighted by Gasteiger charge is 2.35. The SMILES string of the molecule is CC1(C)OCCC1[O]. The number of hydrogen-bond donors (Lipinski definition) is 0. The maximum Gasteiger partial charge on any atom is 0.123 e. The largest absolute Gasteiger partial charge is 0.373 e. The van der Waals surface area contributed by atoms with Crippen LogP contribution in [0.25, 0.3) is 0 Å². The Balaban J connectivity index is 2.54. The van der Waals surface area contributed by atoms with Gasteiger partial charge in [0.2, 0.25) is 0 Å². The van der Waals surface area contributed by atoms with Crippen LogP contribution in [0.1, 0.15) is 20.3 Å². The Morgan fingerprint density at radius 3 is 2.38 bits per heavy atom. The van der Waals surface area contributed by atoms with Crippen molar-refractivity contribution in [2.45, 2.75) is 32.0 Å². The molecule has 1 heterocycles. The molecule has 1 aliphatic heterocycles. The lowest BCUT2D eigenvalue weighted by Gasteiger charge is -2.18. The Kier molecular flexibility index (Phi) is 1.29. The summed E-state index contributed by atoms with van der Waals surface area (Å²) < 4.78 is 5.14. The molecule has 0 aromatic heterocycles. The summed E-state index contributed by atoms with van der Waals surface area (Å²) in [5.41, 5.74) is -0.403. The van der Waals surface area contributed by atoms with Crippen LogP contribution < -0.4 is 0 Å². The monoisotopic (exact) mass is 115 g/mol. The molecule has 0 amide bonds. The van der Waals surface area contributed by atoms with Crippen LogP contribution in [-0.4, -0.2) is 18.3 Å². The average Bonchev–Trinajstić information content (AvgIpc) is 1.86. The van der Waals surface area contributed by atoms with Gasteiger partial charge in [-0.3, -0.25) is 0 Å². The molecule has 1 radical (unpaired) electrons.